The summed E-state index contributed by atoms with van der Waals surface area (Å²) in [6.07, 6.45) is 7.86. The molecule has 0 aromatic heterocycles. The van der Waals surface area contributed by atoms with Crippen LogP contribution in [0, 0.1) is 0 Å². The highest BCUT2D eigenvalue weighted by Crippen LogP contribution is 2.08. The standard InChI is InChI=1S/C14H26N4O/c1-3-10-16-13(19)9-11-17-14(15-4-2)18-12-7-5-6-8-12/h5-6,12H,3-4,7-11H2,1-2H3,(H,16,19)(H2,15,17,18). The fourth-order valence-corrected chi connectivity index (χ4v) is 1.87. The number of rotatable bonds is 7. The SMILES string of the molecule is CCCNC(=O)CCN=C(NCC)NC1CC=CC1. The monoisotopic (exact) mass is 266 g/mol. The van der Waals surface area contributed by atoms with E-state index in [1.54, 1.807) is 0 Å². The molecule has 1 aliphatic carbocycles. The minimum absolute atomic E-state index is 0.0731. The Bertz CT molecular complexity index is 317. The number of nitrogens with zero attached hydrogens (tertiary/aromatic N) is 1. The molecule has 0 atom stereocenters. The topological polar surface area (TPSA) is 65.5 Å². The molecule has 1 aliphatic rings. The van der Waals surface area contributed by atoms with Crippen LogP contribution >= 0.6 is 0 Å². The molecule has 0 bridgehead atoms. The molecule has 0 aromatic rings. The number of amides is 1. The van der Waals surface area contributed by atoms with Crippen LogP contribution in [0.1, 0.15) is 39.5 Å². The summed E-state index contributed by atoms with van der Waals surface area (Å²) in [5.41, 5.74) is 0. The quantitative estimate of drug-likeness (QED) is 0.368. The number of carbonyl (C=O) groups excluding carboxylic acids is 1. The van der Waals surface area contributed by atoms with Gasteiger partial charge in [0.15, 0.2) is 5.96 Å². The average molecular weight is 266 g/mol. The van der Waals surface area contributed by atoms with Gasteiger partial charge in [-0.2, -0.15) is 0 Å². The maximum atomic E-state index is 11.5. The molecule has 0 saturated carbocycles. The number of aliphatic imine (C=N–C) groups is 1. The molecule has 19 heavy (non-hydrogen) atoms. The number of hydrogen-bond donors (Lipinski definition) is 3. The fraction of sp³-hybridized carbons (Fsp3) is 0.714. The summed E-state index contributed by atoms with van der Waals surface area (Å²) in [6, 6.07) is 0.437. The Labute approximate surface area is 115 Å². The molecule has 0 spiro atoms. The van der Waals surface area contributed by atoms with Gasteiger partial charge >= 0.3 is 0 Å². The van der Waals surface area contributed by atoms with E-state index in [-0.39, 0.29) is 5.91 Å². The van der Waals surface area contributed by atoms with Gasteiger partial charge in [-0.3, -0.25) is 9.79 Å². The largest absolute Gasteiger partial charge is 0.357 e. The van der Waals surface area contributed by atoms with Gasteiger partial charge in [-0.15, -0.1) is 0 Å². The van der Waals surface area contributed by atoms with Gasteiger partial charge in [0.05, 0.1) is 6.54 Å². The second kappa shape index (κ2) is 9.42. The third-order valence-corrected chi connectivity index (χ3v) is 2.87. The van der Waals surface area contributed by atoms with Crippen LogP contribution in [0.2, 0.25) is 0 Å². The number of hydrogen-bond acceptors (Lipinski definition) is 2. The van der Waals surface area contributed by atoms with Crippen molar-refractivity contribution in [2.75, 3.05) is 19.6 Å². The lowest BCUT2D eigenvalue weighted by atomic mass is 10.2. The van der Waals surface area contributed by atoms with E-state index < -0.39 is 0 Å². The first kappa shape index (κ1) is 15.5. The summed E-state index contributed by atoms with van der Waals surface area (Å²) >= 11 is 0. The highest BCUT2D eigenvalue weighted by atomic mass is 16.1. The molecule has 5 nitrogen and oxygen atoms in total. The molecule has 1 rings (SSSR count). The van der Waals surface area contributed by atoms with Crippen LogP contribution in [0.3, 0.4) is 0 Å². The average Bonchev–Trinajstić information content (AvgIpc) is 2.89. The van der Waals surface area contributed by atoms with Crippen molar-refractivity contribution in [2.45, 2.75) is 45.6 Å². The Balaban J connectivity index is 2.29. The number of guanidine groups is 1. The van der Waals surface area contributed by atoms with Crippen molar-refractivity contribution in [1.29, 1.82) is 0 Å². The minimum Gasteiger partial charge on any atom is -0.357 e. The number of carbonyl (C=O) groups is 1. The van der Waals surface area contributed by atoms with Crippen LogP contribution in [0.15, 0.2) is 17.1 Å². The third-order valence-electron chi connectivity index (χ3n) is 2.87. The van der Waals surface area contributed by atoms with Gasteiger partial charge in [-0.05, 0) is 26.2 Å². The van der Waals surface area contributed by atoms with Crippen LogP contribution in [0.5, 0.6) is 0 Å². The molecule has 0 unspecified atom stereocenters. The van der Waals surface area contributed by atoms with E-state index in [2.05, 4.69) is 33.1 Å². The molecule has 1 amide bonds. The molecule has 0 heterocycles. The van der Waals surface area contributed by atoms with E-state index in [0.29, 0.717) is 19.0 Å². The smallest absolute Gasteiger partial charge is 0.221 e. The summed E-state index contributed by atoms with van der Waals surface area (Å²) in [5.74, 6) is 0.878. The molecule has 0 fully saturated rings. The molecule has 3 N–H and O–H groups in total. The predicted molar refractivity (Wildman–Crippen MR) is 79.2 cm³/mol. The van der Waals surface area contributed by atoms with Gasteiger partial charge in [-0.1, -0.05) is 19.1 Å². The first-order valence-corrected chi connectivity index (χ1v) is 7.22. The summed E-state index contributed by atoms with van der Waals surface area (Å²) in [4.78, 5) is 15.9. The summed E-state index contributed by atoms with van der Waals surface area (Å²) < 4.78 is 0. The molecule has 0 aromatic carbocycles. The van der Waals surface area contributed by atoms with E-state index in [1.807, 2.05) is 13.8 Å². The van der Waals surface area contributed by atoms with Crippen LogP contribution in [-0.2, 0) is 4.79 Å². The first-order valence-electron chi connectivity index (χ1n) is 7.22. The van der Waals surface area contributed by atoms with Crippen molar-refractivity contribution in [3.05, 3.63) is 12.2 Å². The van der Waals surface area contributed by atoms with E-state index in [0.717, 1.165) is 38.3 Å². The summed E-state index contributed by atoms with van der Waals surface area (Å²) in [7, 11) is 0. The summed E-state index contributed by atoms with van der Waals surface area (Å²) in [5, 5.41) is 9.44. The highest BCUT2D eigenvalue weighted by Gasteiger charge is 2.11. The van der Waals surface area contributed by atoms with Gasteiger partial charge in [-0.25, -0.2) is 0 Å². The van der Waals surface area contributed by atoms with Crippen LogP contribution < -0.4 is 16.0 Å². The van der Waals surface area contributed by atoms with Crippen molar-refractivity contribution in [2.24, 2.45) is 4.99 Å². The molecular formula is C14H26N4O. The summed E-state index contributed by atoms with van der Waals surface area (Å²) in [6.45, 7) is 6.17. The Morgan fingerprint density at radius 2 is 2.00 bits per heavy atom. The molecule has 0 saturated heterocycles. The van der Waals surface area contributed by atoms with E-state index >= 15 is 0 Å². The van der Waals surface area contributed by atoms with Crippen LogP contribution in [0.4, 0.5) is 0 Å². The zero-order valence-electron chi connectivity index (χ0n) is 12.0. The van der Waals surface area contributed by atoms with Crippen LogP contribution in [0.25, 0.3) is 0 Å². The van der Waals surface area contributed by atoms with E-state index in [1.165, 1.54) is 0 Å². The van der Waals surface area contributed by atoms with E-state index in [4.69, 9.17) is 0 Å². The van der Waals surface area contributed by atoms with Crippen molar-refractivity contribution in [3.63, 3.8) is 0 Å². The van der Waals surface area contributed by atoms with Gasteiger partial charge < -0.3 is 16.0 Å². The Kier molecular flexibility index (Phi) is 7.70. The molecule has 108 valence electrons. The molecule has 0 radical (unpaired) electrons. The second-order valence-electron chi connectivity index (χ2n) is 4.64. The lowest BCUT2D eigenvalue weighted by Crippen LogP contribution is -2.42. The van der Waals surface area contributed by atoms with Crippen molar-refractivity contribution < 1.29 is 4.79 Å². The molecular weight excluding hydrogens is 240 g/mol. The first-order chi connectivity index (χ1) is 9.26. The molecule has 5 heteroatoms. The van der Waals surface area contributed by atoms with Crippen molar-refractivity contribution >= 4 is 11.9 Å². The van der Waals surface area contributed by atoms with Gasteiger partial charge in [0.25, 0.3) is 0 Å². The van der Waals surface area contributed by atoms with Gasteiger partial charge in [0.2, 0.25) is 5.91 Å². The van der Waals surface area contributed by atoms with Crippen LogP contribution in [-0.4, -0.2) is 37.5 Å². The Morgan fingerprint density at radius 1 is 1.26 bits per heavy atom. The second-order valence-corrected chi connectivity index (χ2v) is 4.64. The maximum absolute atomic E-state index is 11.5. The third kappa shape index (κ3) is 6.84. The Hall–Kier alpha value is -1.52. The van der Waals surface area contributed by atoms with Crippen molar-refractivity contribution in [1.82, 2.24) is 16.0 Å². The normalized spacial score (nSPS) is 15.6. The highest BCUT2D eigenvalue weighted by molar-refractivity contribution is 5.81. The van der Waals surface area contributed by atoms with E-state index in [9.17, 15) is 4.79 Å². The predicted octanol–water partition coefficient (Wildman–Crippen LogP) is 1.18. The number of nitrogens with one attached hydrogen (secondary N) is 3. The van der Waals surface area contributed by atoms with Gasteiger partial charge in [0, 0.05) is 25.6 Å². The lowest BCUT2D eigenvalue weighted by molar-refractivity contribution is -0.120. The minimum atomic E-state index is 0.0731. The Morgan fingerprint density at radius 3 is 2.63 bits per heavy atom. The zero-order valence-corrected chi connectivity index (χ0v) is 12.0. The van der Waals surface area contributed by atoms with Crippen molar-refractivity contribution in [3.8, 4) is 0 Å². The lowest BCUT2D eigenvalue weighted by Gasteiger charge is -2.16. The fourth-order valence-electron chi connectivity index (χ4n) is 1.87. The zero-order chi connectivity index (χ0) is 13.9. The molecule has 0 aliphatic heterocycles. The van der Waals surface area contributed by atoms with Gasteiger partial charge in [0.1, 0.15) is 0 Å². The maximum Gasteiger partial charge on any atom is 0.221 e.